The maximum absolute atomic E-state index is 12.4. The summed E-state index contributed by atoms with van der Waals surface area (Å²) in [5, 5.41) is 20.7. The zero-order chi connectivity index (χ0) is 21.2. The number of fused-ring (bicyclic) bond motifs is 1. The highest BCUT2D eigenvalue weighted by atomic mass is 32.1. The van der Waals surface area contributed by atoms with Crippen LogP contribution in [0.2, 0.25) is 0 Å². The predicted molar refractivity (Wildman–Crippen MR) is 116 cm³/mol. The standard InChI is InChI=1S/C21H20F2N6OS/c22-21(23)30-17-5-3-16(4-6-17)28-10-1-2-15(12-28)24-18-7-8-19-25-26-20(29(19)27-18)14-9-11-31-13-14/h3-9,11,13,15,21H,1-2,10,12H2,(H,24,27). The fourth-order valence-corrected chi connectivity index (χ4v) is 4.45. The van der Waals surface area contributed by atoms with Gasteiger partial charge in [-0.1, -0.05) is 0 Å². The molecule has 160 valence electrons. The van der Waals surface area contributed by atoms with Crippen molar-refractivity contribution in [2.24, 2.45) is 0 Å². The molecule has 0 amide bonds. The molecule has 31 heavy (non-hydrogen) atoms. The number of benzene rings is 1. The van der Waals surface area contributed by atoms with Crippen molar-refractivity contribution < 1.29 is 13.5 Å². The van der Waals surface area contributed by atoms with Crippen molar-refractivity contribution in [3.63, 3.8) is 0 Å². The topological polar surface area (TPSA) is 67.6 Å². The van der Waals surface area contributed by atoms with Crippen molar-refractivity contribution in [3.8, 4) is 17.1 Å². The number of piperidine rings is 1. The number of nitrogens with one attached hydrogen (secondary N) is 1. The van der Waals surface area contributed by atoms with Gasteiger partial charge in [-0.2, -0.15) is 24.6 Å². The molecule has 4 heterocycles. The van der Waals surface area contributed by atoms with E-state index in [0.29, 0.717) is 5.65 Å². The lowest BCUT2D eigenvalue weighted by Crippen LogP contribution is -2.42. The number of anilines is 2. The predicted octanol–water partition coefficient (Wildman–Crippen LogP) is 4.54. The summed E-state index contributed by atoms with van der Waals surface area (Å²) in [6.07, 6.45) is 2.03. The summed E-state index contributed by atoms with van der Waals surface area (Å²) in [7, 11) is 0. The van der Waals surface area contributed by atoms with Crippen LogP contribution in [0, 0.1) is 0 Å². The summed E-state index contributed by atoms with van der Waals surface area (Å²) >= 11 is 1.61. The Morgan fingerprint density at radius 1 is 1.10 bits per heavy atom. The normalized spacial score (nSPS) is 16.7. The Morgan fingerprint density at radius 2 is 1.97 bits per heavy atom. The first-order valence-electron chi connectivity index (χ1n) is 9.97. The lowest BCUT2D eigenvalue weighted by molar-refractivity contribution is -0.0498. The molecule has 1 atom stereocenters. The highest BCUT2D eigenvalue weighted by molar-refractivity contribution is 7.08. The van der Waals surface area contributed by atoms with Crippen LogP contribution in [0.15, 0.2) is 53.2 Å². The van der Waals surface area contributed by atoms with E-state index in [1.54, 1.807) is 28.0 Å². The molecule has 5 rings (SSSR count). The molecule has 3 aromatic heterocycles. The SMILES string of the molecule is FC(F)Oc1ccc(N2CCCC(Nc3ccc4nnc(-c5ccsc5)n4n3)C2)cc1. The van der Waals surface area contributed by atoms with Gasteiger partial charge >= 0.3 is 6.61 Å². The van der Waals surface area contributed by atoms with E-state index in [0.717, 1.165) is 48.8 Å². The first-order chi connectivity index (χ1) is 15.2. The van der Waals surface area contributed by atoms with E-state index in [1.807, 2.05) is 41.1 Å². The third kappa shape index (κ3) is 4.29. The Morgan fingerprint density at radius 3 is 2.74 bits per heavy atom. The zero-order valence-corrected chi connectivity index (χ0v) is 17.3. The van der Waals surface area contributed by atoms with Gasteiger partial charge in [-0.3, -0.25) is 0 Å². The molecular weight excluding hydrogens is 422 g/mol. The van der Waals surface area contributed by atoms with Crippen molar-refractivity contribution in [1.29, 1.82) is 0 Å². The van der Waals surface area contributed by atoms with Gasteiger partial charge in [-0.15, -0.1) is 15.3 Å². The molecule has 0 spiro atoms. The summed E-state index contributed by atoms with van der Waals surface area (Å²) in [6, 6.07) is 12.8. The van der Waals surface area contributed by atoms with Crippen LogP contribution in [-0.4, -0.2) is 45.6 Å². The Hall–Kier alpha value is -3.27. The Labute approximate surface area is 181 Å². The van der Waals surface area contributed by atoms with Crippen LogP contribution >= 0.6 is 11.3 Å². The number of aromatic nitrogens is 4. The van der Waals surface area contributed by atoms with Crippen LogP contribution in [0.25, 0.3) is 17.0 Å². The second kappa shape index (κ2) is 8.46. The van der Waals surface area contributed by atoms with E-state index < -0.39 is 6.61 Å². The molecule has 0 bridgehead atoms. The number of thiophene rings is 1. The molecule has 1 fully saturated rings. The second-order valence-electron chi connectivity index (χ2n) is 7.33. The molecule has 4 aromatic rings. The maximum atomic E-state index is 12.4. The van der Waals surface area contributed by atoms with Crippen molar-refractivity contribution in [2.45, 2.75) is 25.5 Å². The molecule has 0 saturated carbocycles. The second-order valence-corrected chi connectivity index (χ2v) is 8.11. The van der Waals surface area contributed by atoms with Gasteiger partial charge in [0.1, 0.15) is 11.6 Å². The van der Waals surface area contributed by atoms with Crippen LogP contribution in [0.5, 0.6) is 5.75 Å². The Bertz CT molecular complexity index is 1150. The minimum atomic E-state index is -2.81. The summed E-state index contributed by atoms with van der Waals surface area (Å²) in [4.78, 5) is 2.24. The zero-order valence-electron chi connectivity index (χ0n) is 16.5. The number of rotatable bonds is 6. The third-order valence-corrected chi connectivity index (χ3v) is 5.93. The van der Waals surface area contributed by atoms with Crippen molar-refractivity contribution in [3.05, 3.63) is 53.2 Å². The summed E-state index contributed by atoms with van der Waals surface area (Å²) < 4.78 is 30.9. The Kier molecular flexibility index (Phi) is 5.37. The molecule has 1 aliphatic rings. The van der Waals surface area contributed by atoms with Gasteiger partial charge in [-0.25, -0.2) is 0 Å². The smallest absolute Gasteiger partial charge is 0.387 e. The summed E-state index contributed by atoms with van der Waals surface area (Å²) in [5.41, 5.74) is 2.67. The molecule has 1 aromatic carbocycles. The highest BCUT2D eigenvalue weighted by Crippen LogP contribution is 2.25. The number of nitrogens with zero attached hydrogens (tertiary/aromatic N) is 5. The van der Waals surface area contributed by atoms with Crippen molar-refractivity contribution >= 4 is 28.5 Å². The average molecular weight is 442 g/mol. The number of ether oxygens (including phenoxy) is 1. The van der Waals surface area contributed by atoms with E-state index in [1.165, 1.54) is 0 Å². The van der Waals surface area contributed by atoms with E-state index in [9.17, 15) is 8.78 Å². The van der Waals surface area contributed by atoms with Gasteiger partial charge < -0.3 is 15.0 Å². The van der Waals surface area contributed by atoms with Crippen molar-refractivity contribution in [1.82, 2.24) is 19.8 Å². The van der Waals surface area contributed by atoms with Gasteiger partial charge in [0.05, 0.1) is 0 Å². The highest BCUT2D eigenvalue weighted by Gasteiger charge is 2.21. The van der Waals surface area contributed by atoms with Crippen molar-refractivity contribution in [2.75, 3.05) is 23.3 Å². The van der Waals surface area contributed by atoms with E-state index in [-0.39, 0.29) is 11.8 Å². The fraction of sp³-hybridized carbons (Fsp3) is 0.286. The minimum absolute atomic E-state index is 0.165. The lowest BCUT2D eigenvalue weighted by Gasteiger charge is -2.35. The molecule has 10 heteroatoms. The number of hydrogen-bond donors (Lipinski definition) is 1. The molecule has 1 saturated heterocycles. The van der Waals surface area contributed by atoms with Crippen LogP contribution in [0.4, 0.5) is 20.3 Å². The van der Waals surface area contributed by atoms with Gasteiger partial charge in [0, 0.05) is 35.8 Å². The van der Waals surface area contributed by atoms with Gasteiger partial charge in [0.15, 0.2) is 11.5 Å². The average Bonchev–Trinajstić information content (AvgIpc) is 3.43. The lowest BCUT2D eigenvalue weighted by atomic mass is 10.0. The maximum Gasteiger partial charge on any atom is 0.387 e. The van der Waals surface area contributed by atoms with Crippen LogP contribution in [-0.2, 0) is 0 Å². The third-order valence-electron chi connectivity index (χ3n) is 5.24. The largest absolute Gasteiger partial charge is 0.435 e. The fourth-order valence-electron chi connectivity index (χ4n) is 3.81. The molecule has 1 unspecified atom stereocenters. The minimum Gasteiger partial charge on any atom is -0.435 e. The van der Waals surface area contributed by atoms with E-state index in [2.05, 4.69) is 25.2 Å². The summed E-state index contributed by atoms with van der Waals surface area (Å²) in [5.74, 6) is 1.64. The van der Waals surface area contributed by atoms with E-state index >= 15 is 0 Å². The van der Waals surface area contributed by atoms with Crippen LogP contribution < -0.4 is 15.0 Å². The monoisotopic (exact) mass is 442 g/mol. The number of halogens is 2. The van der Waals surface area contributed by atoms with Gasteiger partial charge in [0.25, 0.3) is 0 Å². The Balaban J connectivity index is 1.30. The first kappa shape index (κ1) is 19.7. The van der Waals surface area contributed by atoms with Gasteiger partial charge in [0.2, 0.25) is 0 Å². The van der Waals surface area contributed by atoms with Crippen LogP contribution in [0.1, 0.15) is 12.8 Å². The molecule has 7 nitrogen and oxygen atoms in total. The van der Waals surface area contributed by atoms with Gasteiger partial charge in [-0.05, 0) is 60.7 Å². The number of alkyl halides is 2. The van der Waals surface area contributed by atoms with Crippen LogP contribution in [0.3, 0.4) is 0 Å². The molecule has 0 aliphatic carbocycles. The molecule has 1 N–H and O–H groups in total. The summed E-state index contributed by atoms with van der Waals surface area (Å²) in [6.45, 7) is -1.12. The quantitative estimate of drug-likeness (QED) is 0.473. The molecule has 1 aliphatic heterocycles. The molecule has 0 radical (unpaired) electrons. The molecular formula is C21H20F2N6OS. The first-order valence-corrected chi connectivity index (χ1v) is 10.9. The van der Waals surface area contributed by atoms with E-state index in [4.69, 9.17) is 5.10 Å². The number of hydrogen-bond acceptors (Lipinski definition) is 7.